The molecule has 0 saturated heterocycles. The number of carbonyl (C=O) groups is 1. The van der Waals surface area contributed by atoms with Gasteiger partial charge in [-0.3, -0.25) is 4.79 Å². The zero-order chi connectivity index (χ0) is 22.7. The minimum Gasteiger partial charge on any atom is -0.490 e. The number of nitrogens with zero attached hydrogens (tertiary/aromatic N) is 4. The van der Waals surface area contributed by atoms with Gasteiger partial charge < -0.3 is 14.5 Å². The van der Waals surface area contributed by atoms with Crippen LogP contribution in [0, 0.1) is 11.6 Å². The average molecular weight is 438 g/mol. The summed E-state index contributed by atoms with van der Waals surface area (Å²) in [6.07, 6.45) is 4.25. The normalized spacial score (nSPS) is 13.0. The monoisotopic (exact) mass is 438 g/mol. The van der Waals surface area contributed by atoms with Crippen LogP contribution in [0.15, 0.2) is 48.8 Å². The van der Waals surface area contributed by atoms with Crippen LogP contribution >= 0.6 is 0 Å². The Morgan fingerprint density at radius 1 is 1.09 bits per heavy atom. The molecule has 1 aromatic heterocycles. The fraction of sp³-hybridized carbons (Fsp3) is 0.292. The van der Waals surface area contributed by atoms with E-state index in [1.807, 2.05) is 38.4 Å². The highest BCUT2D eigenvalue weighted by molar-refractivity contribution is 6.01. The molecule has 8 heteroatoms. The van der Waals surface area contributed by atoms with Crippen molar-refractivity contribution in [1.29, 1.82) is 0 Å². The van der Waals surface area contributed by atoms with Crippen molar-refractivity contribution >= 4 is 11.6 Å². The highest BCUT2D eigenvalue weighted by atomic mass is 19.2. The van der Waals surface area contributed by atoms with E-state index in [1.165, 1.54) is 4.90 Å². The third-order valence-corrected chi connectivity index (χ3v) is 5.23. The molecular formula is C24H24F2N4O2. The predicted octanol–water partition coefficient (Wildman–Crippen LogP) is 3.84. The quantitative estimate of drug-likeness (QED) is 0.500. The van der Waals surface area contributed by atoms with Crippen molar-refractivity contribution in [2.45, 2.75) is 19.4 Å². The summed E-state index contributed by atoms with van der Waals surface area (Å²) in [7, 11) is 4.03. The molecule has 1 amide bonds. The largest absolute Gasteiger partial charge is 0.490 e. The Labute approximate surface area is 185 Å². The number of hydrogen-bond donors (Lipinski definition) is 0. The van der Waals surface area contributed by atoms with Gasteiger partial charge in [-0.2, -0.15) is 0 Å². The Bertz CT molecular complexity index is 1120. The number of halogens is 2. The van der Waals surface area contributed by atoms with Gasteiger partial charge in [0.2, 0.25) is 5.91 Å². The van der Waals surface area contributed by atoms with Gasteiger partial charge in [-0.05, 0) is 43.8 Å². The molecule has 0 aliphatic carbocycles. The van der Waals surface area contributed by atoms with E-state index in [-0.39, 0.29) is 18.9 Å². The molecule has 2 heterocycles. The Kier molecular flexibility index (Phi) is 6.41. The van der Waals surface area contributed by atoms with E-state index in [0.29, 0.717) is 29.4 Å². The SMILES string of the molecule is CN(C)CCCOc1cnc(-c2cccc(CN3C(=O)Cc4cc(F)c(F)cc43)c2)nc1. The molecule has 0 saturated carbocycles. The standard InChI is InChI=1S/C24H24F2N4O2/c1-29(2)7-4-8-32-19-13-27-24(28-14-19)17-6-3-5-16(9-17)15-30-22-12-21(26)20(25)10-18(22)11-23(30)31/h3,5-6,9-10,12-14H,4,7-8,11,15H2,1-2H3. The lowest BCUT2D eigenvalue weighted by molar-refractivity contribution is -0.117. The van der Waals surface area contributed by atoms with Gasteiger partial charge in [-0.1, -0.05) is 18.2 Å². The first-order valence-electron chi connectivity index (χ1n) is 10.4. The number of aromatic nitrogens is 2. The smallest absolute Gasteiger partial charge is 0.231 e. The Morgan fingerprint density at radius 3 is 2.59 bits per heavy atom. The first kappa shape index (κ1) is 21.8. The van der Waals surface area contributed by atoms with Crippen molar-refractivity contribution in [2.24, 2.45) is 0 Å². The second kappa shape index (κ2) is 9.40. The Balaban J connectivity index is 1.46. The number of hydrogen-bond acceptors (Lipinski definition) is 5. The first-order chi connectivity index (χ1) is 15.4. The molecule has 0 radical (unpaired) electrons. The third-order valence-electron chi connectivity index (χ3n) is 5.23. The van der Waals surface area contributed by atoms with Crippen LogP contribution in [0.5, 0.6) is 5.75 Å². The number of carbonyl (C=O) groups excluding carboxylic acids is 1. The van der Waals surface area contributed by atoms with Crippen LogP contribution in [0.25, 0.3) is 11.4 Å². The van der Waals surface area contributed by atoms with E-state index in [1.54, 1.807) is 12.4 Å². The van der Waals surface area contributed by atoms with Crippen molar-refractivity contribution in [2.75, 3.05) is 32.1 Å². The summed E-state index contributed by atoms with van der Waals surface area (Å²) in [5, 5.41) is 0. The van der Waals surface area contributed by atoms with Crippen LogP contribution in [0.2, 0.25) is 0 Å². The number of benzene rings is 2. The third kappa shape index (κ3) is 4.91. The molecule has 166 valence electrons. The zero-order valence-electron chi connectivity index (χ0n) is 18.0. The molecule has 0 fully saturated rings. The van der Waals surface area contributed by atoms with E-state index in [2.05, 4.69) is 14.9 Å². The molecular weight excluding hydrogens is 414 g/mol. The maximum Gasteiger partial charge on any atom is 0.231 e. The van der Waals surface area contributed by atoms with E-state index < -0.39 is 11.6 Å². The van der Waals surface area contributed by atoms with Gasteiger partial charge in [0.1, 0.15) is 0 Å². The Hall–Kier alpha value is -3.39. The fourth-order valence-electron chi connectivity index (χ4n) is 3.64. The van der Waals surface area contributed by atoms with E-state index in [0.717, 1.165) is 36.2 Å². The lowest BCUT2D eigenvalue weighted by Gasteiger charge is -2.18. The summed E-state index contributed by atoms with van der Waals surface area (Å²) in [6, 6.07) is 9.67. The molecule has 0 bridgehead atoms. The van der Waals surface area contributed by atoms with E-state index in [9.17, 15) is 13.6 Å². The van der Waals surface area contributed by atoms with Gasteiger partial charge in [0.25, 0.3) is 0 Å². The van der Waals surface area contributed by atoms with Crippen LogP contribution in [-0.4, -0.2) is 48.0 Å². The highest BCUT2D eigenvalue weighted by Gasteiger charge is 2.29. The average Bonchev–Trinajstić information content (AvgIpc) is 3.06. The van der Waals surface area contributed by atoms with Crippen LogP contribution in [0.1, 0.15) is 17.5 Å². The minimum atomic E-state index is -0.963. The summed E-state index contributed by atoms with van der Waals surface area (Å²) in [6.45, 7) is 1.78. The van der Waals surface area contributed by atoms with Gasteiger partial charge in [0.15, 0.2) is 23.2 Å². The summed E-state index contributed by atoms with van der Waals surface area (Å²) < 4.78 is 32.9. The van der Waals surface area contributed by atoms with Gasteiger partial charge in [0, 0.05) is 18.2 Å². The molecule has 0 unspecified atom stereocenters. The Morgan fingerprint density at radius 2 is 1.84 bits per heavy atom. The molecule has 3 aromatic rings. The molecule has 32 heavy (non-hydrogen) atoms. The zero-order valence-corrected chi connectivity index (χ0v) is 18.0. The minimum absolute atomic E-state index is 0.0609. The lowest BCUT2D eigenvalue weighted by Crippen LogP contribution is -2.26. The van der Waals surface area contributed by atoms with Gasteiger partial charge in [-0.15, -0.1) is 0 Å². The molecule has 2 aromatic carbocycles. The lowest BCUT2D eigenvalue weighted by atomic mass is 10.1. The number of anilines is 1. The molecule has 1 aliphatic rings. The molecule has 1 aliphatic heterocycles. The predicted molar refractivity (Wildman–Crippen MR) is 117 cm³/mol. The summed E-state index contributed by atoms with van der Waals surface area (Å²) in [4.78, 5) is 24.8. The summed E-state index contributed by atoms with van der Waals surface area (Å²) >= 11 is 0. The van der Waals surface area contributed by atoms with Crippen LogP contribution in [0.3, 0.4) is 0 Å². The van der Waals surface area contributed by atoms with Crippen molar-refractivity contribution in [3.63, 3.8) is 0 Å². The van der Waals surface area contributed by atoms with Crippen LogP contribution < -0.4 is 9.64 Å². The topological polar surface area (TPSA) is 58.6 Å². The molecule has 0 N–H and O–H groups in total. The number of ether oxygens (including phenoxy) is 1. The second-order valence-corrected chi connectivity index (χ2v) is 8.00. The highest BCUT2D eigenvalue weighted by Crippen LogP contribution is 2.32. The van der Waals surface area contributed by atoms with Crippen molar-refractivity contribution in [1.82, 2.24) is 14.9 Å². The van der Waals surface area contributed by atoms with Gasteiger partial charge >= 0.3 is 0 Å². The van der Waals surface area contributed by atoms with Gasteiger partial charge in [-0.25, -0.2) is 18.7 Å². The first-order valence-corrected chi connectivity index (χ1v) is 10.4. The van der Waals surface area contributed by atoms with Crippen molar-refractivity contribution in [3.8, 4) is 17.1 Å². The molecule has 6 nitrogen and oxygen atoms in total. The summed E-state index contributed by atoms with van der Waals surface area (Å²) in [5.74, 6) is -0.953. The fourth-order valence-corrected chi connectivity index (χ4v) is 3.64. The maximum absolute atomic E-state index is 13.7. The number of rotatable bonds is 8. The van der Waals surface area contributed by atoms with Crippen molar-refractivity contribution < 1.29 is 18.3 Å². The molecule has 0 spiro atoms. The maximum atomic E-state index is 13.7. The second-order valence-electron chi connectivity index (χ2n) is 8.00. The van der Waals surface area contributed by atoms with Crippen LogP contribution in [0.4, 0.5) is 14.5 Å². The summed E-state index contributed by atoms with van der Waals surface area (Å²) in [5.41, 5.74) is 2.53. The van der Waals surface area contributed by atoms with Gasteiger partial charge in [0.05, 0.1) is 37.7 Å². The van der Waals surface area contributed by atoms with E-state index in [4.69, 9.17) is 4.74 Å². The van der Waals surface area contributed by atoms with E-state index >= 15 is 0 Å². The van der Waals surface area contributed by atoms with Crippen molar-refractivity contribution in [3.05, 3.63) is 71.6 Å². The number of amides is 1. The molecule has 0 atom stereocenters. The molecule has 4 rings (SSSR count). The van der Waals surface area contributed by atoms with Crippen LogP contribution in [-0.2, 0) is 17.8 Å². The number of fused-ring (bicyclic) bond motifs is 1.